The molecule has 1 aromatic rings. The lowest BCUT2D eigenvalue weighted by Gasteiger charge is -2.30. The summed E-state index contributed by atoms with van der Waals surface area (Å²) in [5, 5.41) is 9.14. The molecule has 0 saturated carbocycles. The van der Waals surface area contributed by atoms with Crippen LogP contribution >= 0.6 is 0 Å². The Hall–Kier alpha value is -1.42. The van der Waals surface area contributed by atoms with E-state index in [1.807, 2.05) is 19.1 Å². The largest absolute Gasteiger partial charge is 0.395 e. The van der Waals surface area contributed by atoms with E-state index in [2.05, 4.69) is 18.8 Å². The van der Waals surface area contributed by atoms with Crippen LogP contribution in [0.25, 0.3) is 0 Å². The number of nitrogens with zero attached hydrogens (tertiary/aromatic N) is 2. The number of carbonyl (C=O) groups excluding carboxylic acids is 1. The van der Waals surface area contributed by atoms with E-state index in [9.17, 15) is 4.79 Å². The second kappa shape index (κ2) is 7.89. The molecule has 1 heterocycles. The first-order valence-electron chi connectivity index (χ1n) is 6.94. The number of hydrogen-bond donors (Lipinski definition) is 1. The molecule has 1 rings (SSSR count). The molecule has 0 spiro atoms. The fourth-order valence-electron chi connectivity index (χ4n) is 2.30. The van der Waals surface area contributed by atoms with Crippen molar-refractivity contribution in [3.8, 4) is 0 Å². The molecule has 1 N–H and O–H groups in total. The second-order valence-corrected chi connectivity index (χ2v) is 4.72. The molecule has 0 saturated heterocycles. The predicted octanol–water partition coefficient (Wildman–Crippen LogP) is 1.94. The first-order valence-corrected chi connectivity index (χ1v) is 6.94. The van der Waals surface area contributed by atoms with Crippen LogP contribution < -0.4 is 0 Å². The van der Waals surface area contributed by atoms with Gasteiger partial charge in [-0.25, -0.2) is 0 Å². The fourth-order valence-corrected chi connectivity index (χ4v) is 2.30. The zero-order valence-corrected chi connectivity index (χ0v) is 12.1. The molecule has 0 unspecified atom stereocenters. The average Bonchev–Trinajstić information content (AvgIpc) is 2.41. The summed E-state index contributed by atoms with van der Waals surface area (Å²) in [4.78, 5) is 18.4. The van der Waals surface area contributed by atoms with Crippen LogP contribution in [0, 0.1) is 6.92 Å². The normalized spacial score (nSPS) is 10.8. The highest BCUT2D eigenvalue weighted by molar-refractivity contribution is 5.79. The lowest BCUT2D eigenvalue weighted by molar-refractivity contribution is -0.133. The van der Waals surface area contributed by atoms with Gasteiger partial charge in [0.1, 0.15) is 0 Å². The Kier molecular flexibility index (Phi) is 6.50. The fraction of sp³-hybridized carbons (Fsp3) is 0.600. The molecule has 4 nitrogen and oxygen atoms in total. The number of carbonyl (C=O) groups is 1. The Morgan fingerprint density at radius 1 is 1.42 bits per heavy atom. The quantitative estimate of drug-likeness (QED) is 0.819. The summed E-state index contributed by atoms with van der Waals surface area (Å²) < 4.78 is 0. The maximum absolute atomic E-state index is 12.4. The first-order chi connectivity index (χ1) is 9.13. The van der Waals surface area contributed by atoms with Gasteiger partial charge in [-0.1, -0.05) is 19.9 Å². The lowest BCUT2D eigenvalue weighted by atomic mass is 10.1. The van der Waals surface area contributed by atoms with Gasteiger partial charge in [-0.15, -0.1) is 0 Å². The number of amides is 1. The van der Waals surface area contributed by atoms with Crippen LogP contribution in [-0.4, -0.2) is 40.1 Å². The summed E-state index contributed by atoms with van der Waals surface area (Å²) in [6, 6.07) is 4.03. The van der Waals surface area contributed by atoms with E-state index >= 15 is 0 Å². The third-order valence-corrected chi connectivity index (χ3v) is 3.48. The lowest BCUT2D eigenvalue weighted by Crippen LogP contribution is -2.42. The van der Waals surface area contributed by atoms with Crippen molar-refractivity contribution in [3.63, 3.8) is 0 Å². The van der Waals surface area contributed by atoms with Gasteiger partial charge in [0.05, 0.1) is 18.7 Å². The van der Waals surface area contributed by atoms with Gasteiger partial charge in [0.2, 0.25) is 5.91 Å². The van der Waals surface area contributed by atoms with Crippen LogP contribution in [0.2, 0.25) is 0 Å². The van der Waals surface area contributed by atoms with Gasteiger partial charge in [-0.2, -0.15) is 0 Å². The van der Waals surface area contributed by atoms with E-state index in [4.69, 9.17) is 5.11 Å². The van der Waals surface area contributed by atoms with Crippen LogP contribution in [0.4, 0.5) is 0 Å². The van der Waals surface area contributed by atoms with Crippen molar-refractivity contribution < 1.29 is 9.90 Å². The molecule has 1 amide bonds. The molecule has 106 valence electrons. The van der Waals surface area contributed by atoms with Crippen LogP contribution in [0.3, 0.4) is 0 Å². The Morgan fingerprint density at radius 2 is 2.11 bits per heavy atom. The minimum absolute atomic E-state index is 0.00341. The molecule has 0 atom stereocenters. The van der Waals surface area contributed by atoms with E-state index in [1.54, 1.807) is 11.1 Å². The average molecular weight is 264 g/mol. The van der Waals surface area contributed by atoms with Gasteiger partial charge in [0, 0.05) is 18.8 Å². The maximum atomic E-state index is 12.4. The third-order valence-electron chi connectivity index (χ3n) is 3.48. The Balaban J connectivity index is 2.80. The summed E-state index contributed by atoms with van der Waals surface area (Å²) in [6.45, 7) is 6.50. The number of hydrogen-bond acceptors (Lipinski definition) is 3. The van der Waals surface area contributed by atoms with Crippen molar-refractivity contribution in [2.24, 2.45) is 0 Å². The SMILES string of the molecule is CCC(CC)N(CCO)C(=O)Cc1ncccc1C. The standard InChI is InChI=1S/C15H24N2O2/c1-4-13(5-2)17(9-10-18)15(19)11-14-12(3)7-6-8-16-14/h6-8,13,18H,4-5,9-11H2,1-3H3. The molecule has 0 aliphatic rings. The van der Waals surface area contributed by atoms with E-state index in [0.29, 0.717) is 13.0 Å². The topological polar surface area (TPSA) is 53.4 Å². The highest BCUT2D eigenvalue weighted by Gasteiger charge is 2.21. The number of rotatable bonds is 7. The molecule has 0 aromatic carbocycles. The van der Waals surface area contributed by atoms with Crippen LogP contribution in [0.15, 0.2) is 18.3 Å². The van der Waals surface area contributed by atoms with Crippen molar-refractivity contribution >= 4 is 5.91 Å². The summed E-state index contributed by atoms with van der Waals surface area (Å²) in [6.07, 6.45) is 3.83. The minimum atomic E-state index is 0.00341. The van der Waals surface area contributed by atoms with Gasteiger partial charge >= 0.3 is 0 Å². The minimum Gasteiger partial charge on any atom is -0.395 e. The molecule has 0 fully saturated rings. The highest BCUT2D eigenvalue weighted by atomic mass is 16.3. The van der Waals surface area contributed by atoms with Crippen molar-refractivity contribution in [1.29, 1.82) is 0 Å². The van der Waals surface area contributed by atoms with Crippen molar-refractivity contribution in [1.82, 2.24) is 9.88 Å². The second-order valence-electron chi connectivity index (χ2n) is 4.72. The summed E-state index contributed by atoms with van der Waals surface area (Å²) in [5.74, 6) is 0.0459. The first kappa shape index (κ1) is 15.6. The van der Waals surface area contributed by atoms with E-state index in [0.717, 1.165) is 24.1 Å². The van der Waals surface area contributed by atoms with Crippen molar-refractivity contribution in [3.05, 3.63) is 29.6 Å². The third kappa shape index (κ3) is 4.31. The molecule has 0 bridgehead atoms. The highest BCUT2D eigenvalue weighted by Crippen LogP contribution is 2.12. The number of aliphatic hydroxyl groups excluding tert-OH is 1. The Bertz CT molecular complexity index is 403. The van der Waals surface area contributed by atoms with E-state index in [-0.39, 0.29) is 18.6 Å². The van der Waals surface area contributed by atoms with E-state index in [1.165, 1.54) is 0 Å². The van der Waals surface area contributed by atoms with Crippen LogP contribution in [0.5, 0.6) is 0 Å². The summed E-state index contributed by atoms with van der Waals surface area (Å²) in [7, 11) is 0. The van der Waals surface area contributed by atoms with Gasteiger partial charge in [0.15, 0.2) is 0 Å². The molecule has 0 radical (unpaired) electrons. The molecule has 4 heteroatoms. The molecule has 0 aliphatic heterocycles. The number of pyridine rings is 1. The number of aryl methyl sites for hydroxylation is 1. The predicted molar refractivity (Wildman–Crippen MR) is 75.8 cm³/mol. The summed E-state index contributed by atoms with van der Waals surface area (Å²) in [5.41, 5.74) is 1.85. The zero-order chi connectivity index (χ0) is 14.3. The molecule has 19 heavy (non-hydrogen) atoms. The van der Waals surface area contributed by atoms with Gasteiger partial charge in [-0.05, 0) is 31.4 Å². The Morgan fingerprint density at radius 3 is 2.63 bits per heavy atom. The molecular formula is C15H24N2O2. The Labute approximate surface area is 115 Å². The zero-order valence-electron chi connectivity index (χ0n) is 12.1. The molecule has 0 aliphatic carbocycles. The molecular weight excluding hydrogens is 240 g/mol. The smallest absolute Gasteiger partial charge is 0.228 e. The van der Waals surface area contributed by atoms with Gasteiger partial charge in [0.25, 0.3) is 0 Å². The van der Waals surface area contributed by atoms with Crippen molar-refractivity contribution in [2.75, 3.05) is 13.2 Å². The van der Waals surface area contributed by atoms with Crippen LogP contribution in [-0.2, 0) is 11.2 Å². The maximum Gasteiger partial charge on any atom is 0.228 e. The van der Waals surface area contributed by atoms with Gasteiger partial charge < -0.3 is 10.0 Å². The monoisotopic (exact) mass is 264 g/mol. The summed E-state index contributed by atoms with van der Waals surface area (Å²) >= 11 is 0. The van der Waals surface area contributed by atoms with E-state index < -0.39 is 0 Å². The number of aromatic nitrogens is 1. The van der Waals surface area contributed by atoms with Crippen molar-refractivity contribution in [2.45, 2.75) is 46.1 Å². The number of aliphatic hydroxyl groups is 1. The molecule has 1 aromatic heterocycles. The van der Waals surface area contributed by atoms with Crippen LogP contribution in [0.1, 0.15) is 37.9 Å². The van der Waals surface area contributed by atoms with Gasteiger partial charge in [-0.3, -0.25) is 9.78 Å².